The van der Waals surface area contributed by atoms with Crippen molar-refractivity contribution in [1.82, 2.24) is 0 Å². The zero-order valence-corrected chi connectivity index (χ0v) is 21.3. The number of carboxylic acid groups (broad SMARTS) is 1. The molecule has 3 rings (SSSR count). The minimum atomic E-state index is -0.987. The van der Waals surface area contributed by atoms with E-state index in [2.05, 4.69) is 26.8 Å². The number of carboxylic acids is 1. The standard InChI is InChI=1S/C28H42O6/c1-16(2)11-28(32)34-26-14-20-13-23-19(7-6-8-25(23)33-15-27(30)31)12-22(20)21(26)9-10-24(29)18(5)17(3)4/h6-8,16-18,20-22,24,26,29H,9-15H2,1-5H3,(H,30,31)/t18?,20-,21+,22-,24+,26+/m0/s1. The van der Waals surface area contributed by atoms with Crippen LogP contribution in [0, 0.1) is 35.5 Å². The van der Waals surface area contributed by atoms with Crippen LogP contribution in [-0.4, -0.2) is 41.0 Å². The van der Waals surface area contributed by atoms with E-state index in [9.17, 15) is 14.7 Å². The SMILES string of the molecule is CC(C)CC(=O)O[C@@H]1C[C@@H]2Cc3c(cccc3OCC(=O)O)C[C@@H]2[C@H]1CC[C@@H](O)C(C)C(C)C. The molecule has 0 heterocycles. The van der Waals surface area contributed by atoms with Crippen LogP contribution in [-0.2, 0) is 27.2 Å². The number of esters is 1. The van der Waals surface area contributed by atoms with Crippen LogP contribution in [0.15, 0.2) is 18.2 Å². The minimum Gasteiger partial charge on any atom is -0.482 e. The molecule has 2 aliphatic carbocycles. The molecular formula is C28H42O6. The fraction of sp³-hybridized carbons (Fsp3) is 0.714. The van der Waals surface area contributed by atoms with Gasteiger partial charge >= 0.3 is 11.9 Å². The van der Waals surface area contributed by atoms with Crippen molar-refractivity contribution in [1.29, 1.82) is 0 Å². The Morgan fingerprint density at radius 2 is 1.85 bits per heavy atom. The van der Waals surface area contributed by atoms with Gasteiger partial charge in [-0.25, -0.2) is 4.79 Å². The summed E-state index contributed by atoms with van der Waals surface area (Å²) in [7, 11) is 0. The maximum absolute atomic E-state index is 12.6. The van der Waals surface area contributed by atoms with Gasteiger partial charge in [-0.05, 0) is 84.8 Å². The summed E-state index contributed by atoms with van der Waals surface area (Å²) in [6, 6.07) is 5.87. The number of hydrogen-bond acceptors (Lipinski definition) is 5. The Labute approximate surface area is 204 Å². The van der Waals surface area contributed by atoms with E-state index in [1.807, 2.05) is 26.0 Å². The summed E-state index contributed by atoms with van der Waals surface area (Å²) in [5, 5.41) is 19.8. The van der Waals surface area contributed by atoms with Crippen molar-refractivity contribution >= 4 is 11.9 Å². The predicted molar refractivity (Wildman–Crippen MR) is 131 cm³/mol. The van der Waals surface area contributed by atoms with Crippen LogP contribution in [0.4, 0.5) is 0 Å². The van der Waals surface area contributed by atoms with Crippen LogP contribution in [0.5, 0.6) is 5.75 Å². The van der Waals surface area contributed by atoms with Crippen molar-refractivity contribution in [3.8, 4) is 5.75 Å². The van der Waals surface area contributed by atoms with Crippen LogP contribution in [0.2, 0.25) is 0 Å². The van der Waals surface area contributed by atoms with Crippen LogP contribution < -0.4 is 4.74 Å². The Hall–Kier alpha value is -2.08. The van der Waals surface area contributed by atoms with Gasteiger partial charge in [0.05, 0.1) is 6.10 Å². The molecule has 34 heavy (non-hydrogen) atoms. The average Bonchev–Trinajstić information content (AvgIpc) is 3.08. The van der Waals surface area contributed by atoms with Crippen molar-refractivity contribution in [3.63, 3.8) is 0 Å². The zero-order valence-electron chi connectivity index (χ0n) is 21.3. The first-order valence-electron chi connectivity index (χ1n) is 12.9. The monoisotopic (exact) mass is 474 g/mol. The van der Waals surface area contributed by atoms with E-state index in [0.717, 1.165) is 31.2 Å². The normalized spacial score (nSPS) is 25.5. The number of aliphatic hydroxyl groups is 1. The molecule has 1 aromatic carbocycles. The highest BCUT2D eigenvalue weighted by molar-refractivity contribution is 5.70. The molecule has 0 aromatic heterocycles. The van der Waals surface area contributed by atoms with E-state index in [1.165, 1.54) is 5.56 Å². The van der Waals surface area contributed by atoms with Crippen molar-refractivity contribution in [2.75, 3.05) is 6.61 Å². The van der Waals surface area contributed by atoms with Crippen LogP contribution in [0.3, 0.4) is 0 Å². The first kappa shape index (κ1) is 26.5. The maximum Gasteiger partial charge on any atom is 0.341 e. The molecular weight excluding hydrogens is 432 g/mol. The number of aliphatic carboxylic acids is 1. The van der Waals surface area contributed by atoms with E-state index >= 15 is 0 Å². The molecule has 190 valence electrons. The second-order valence-corrected chi connectivity index (χ2v) is 11.2. The van der Waals surface area contributed by atoms with E-state index in [1.54, 1.807) is 0 Å². The Kier molecular flexibility index (Phi) is 9.02. The number of carbonyl (C=O) groups is 2. The van der Waals surface area contributed by atoms with Gasteiger partial charge in [0.25, 0.3) is 0 Å². The third kappa shape index (κ3) is 6.53. The van der Waals surface area contributed by atoms with E-state index in [-0.39, 0.29) is 42.5 Å². The molecule has 1 fully saturated rings. The number of rotatable bonds is 11. The lowest BCUT2D eigenvalue weighted by molar-refractivity contribution is -0.152. The maximum atomic E-state index is 12.6. The summed E-state index contributed by atoms with van der Waals surface area (Å²) in [5.41, 5.74) is 2.28. The average molecular weight is 475 g/mol. The van der Waals surface area contributed by atoms with E-state index in [0.29, 0.717) is 36.3 Å². The summed E-state index contributed by atoms with van der Waals surface area (Å²) in [4.78, 5) is 23.6. The fourth-order valence-electron chi connectivity index (χ4n) is 5.81. The van der Waals surface area contributed by atoms with E-state index < -0.39 is 5.97 Å². The third-order valence-corrected chi connectivity index (χ3v) is 7.98. The molecule has 0 amide bonds. The van der Waals surface area contributed by atoms with Gasteiger partial charge in [-0.15, -0.1) is 0 Å². The molecule has 2 N–H and O–H groups in total. The summed E-state index contributed by atoms with van der Waals surface area (Å²) < 4.78 is 11.6. The number of aliphatic hydroxyl groups excluding tert-OH is 1. The van der Waals surface area contributed by atoms with Crippen LogP contribution >= 0.6 is 0 Å². The fourth-order valence-corrected chi connectivity index (χ4v) is 5.81. The smallest absolute Gasteiger partial charge is 0.341 e. The summed E-state index contributed by atoms with van der Waals surface area (Å²) in [5.74, 6) is 1.35. The third-order valence-electron chi connectivity index (χ3n) is 7.98. The predicted octanol–water partition coefficient (Wildman–Crippen LogP) is 4.89. The van der Waals surface area contributed by atoms with Crippen molar-refractivity contribution in [2.24, 2.45) is 35.5 Å². The number of ether oxygens (including phenoxy) is 2. The molecule has 6 nitrogen and oxygen atoms in total. The number of hydrogen-bond donors (Lipinski definition) is 2. The molecule has 0 aliphatic heterocycles. The molecule has 6 heteroatoms. The summed E-state index contributed by atoms with van der Waals surface area (Å²) in [6.07, 6.45) is 3.93. The summed E-state index contributed by atoms with van der Waals surface area (Å²) in [6.45, 7) is 10.1. The second kappa shape index (κ2) is 11.6. The van der Waals surface area contributed by atoms with Gasteiger partial charge in [0.2, 0.25) is 0 Å². The van der Waals surface area contributed by atoms with Crippen molar-refractivity contribution in [3.05, 3.63) is 29.3 Å². The number of carbonyl (C=O) groups excluding carboxylic acids is 1. The second-order valence-electron chi connectivity index (χ2n) is 11.2. The lowest BCUT2D eigenvalue weighted by Crippen LogP contribution is -2.31. The van der Waals surface area contributed by atoms with Gasteiger partial charge in [0.15, 0.2) is 6.61 Å². The molecule has 1 unspecified atom stereocenters. The Morgan fingerprint density at radius 1 is 1.12 bits per heavy atom. The lowest BCUT2D eigenvalue weighted by Gasteiger charge is -2.33. The zero-order chi connectivity index (χ0) is 25.0. The highest BCUT2D eigenvalue weighted by Crippen LogP contribution is 2.49. The first-order chi connectivity index (χ1) is 16.1. The van der Waals surface area contributed by atoms with Gasteiger partial charge in [-0.3, -0.25) is 4.79 Å². The quantitative estimate of drug-likeness (QED) is 0.444. The van der Waals surface area contributed by atoms with Crippen molar-refractivity contribution < 1.29 is 29.3 Å². The Balaban J connectivity index is 1.78. The minimum absolute atomic E-state index is 0.136. The lowest BCUT2D eigenvalue weighted by atomic mass is 9.73. The van der Waals surface area contributed by atoms with Gasteiger partial charge < -0.3 is 19.7 Å². The molecule has 0 bridgehead atoms. The largest absolute Gasteiger partial charge is 0.482 e. The first-order valence-corrected chi connectivity index (χ1v) is 12.9. The van der Waals surface area contributed by atoms with Crippen LogP contribution in [0.1, 0.15) is 71.4 Å². The molecule has 0 spiro atoms. The molecule has 2 aliphatic rings. The highest BCUT2D eigenvalue weighted by atomic mass is 16.5. The molecule has 0 saturated heterocycles. The van der Waals surface area contributed by atoms with Gasteiger partial charge in [0.1, 0.15) is 11.9 Å². The highest BCUT2D eigenvalue weighted by Gasteiger charge is 2.47. The molecule has 0 radical (unpaired) electrons. The number of benzene rings is 1. The van der Waals surface area contributed by atoms with Gasteiger partial charge in [-0.2, -0.15) is 0 Å². The summed E-state index contributed by atoms with van der Waals surface area (Å²) >= 11 is 0. The van der Waals surface area contributed by atoms with Gasteiger partial charge in [0, 0.05) is 6.42 Å². The number of fused-ring (bicyclic) bond motifs is 2. The molecule has 6 atom stereocenters. The molecule has 1 saturated carbocycles. The van der Waals surface area contributed by atoms with Crippen molar-refractivity contribution in [2.45, 2.75) is 85.4 Å². The Morgan fingerprint density at radius 3 is 2.50 bits per heavy atom. The molecule has 1 aromatic rings. The van der Waals surface area contributed by atoms with Gasteiger partial charge in [-0.1, -0.05) is 46.8 Å². The van der Waals surface area contributed by atoms with Crippen LogP contribution in [0.25, 0.3) is 0 Å². The topological polar surface area (TPSA) is 93.1 Å². The Bertz CT molecular complexity index is 847. The van der Waals surface area contributed by atoms with E-state index in [4.69, 9.17) is 14.6 Å².